The molecule has 1 saturated heterocycles. The predicted octanol–water partition coefficient (Wildman–Crippen LogP) is 2.27. The average Bonchev–Trinajstić information content (AvgIpc) is 1.90. The van der Waals surface area contributed by atoms with Gasteiger partial charge in [0.1, 0.15) is 0 Å². The van der Waals surface area contributed by atoms with Crippen molar-refractivity contribution in [2.75, 3.05) is 11.5 Å². The van der Waals surface area contributed by atoms with E-state index in [0.717, 1.165) is 24.3 Å². The molecule has 0 saturated carbocycles. The van der Waals surface area contributed by atoms with Crippen LogP contribution in [0.2, 0.25) is 0 Å². The maximum Gasteiger partial charge on any atom is 0.344 e. The van der Waals surface area contributed by atoms with Crippen LogP contribution in [0.15, 0.2) is 0 Å². The number of carboxylic acid groups (broad SMARTS) is 1. The van der Waals surface area contributed by atoms with Crippen LogP contribution in [0.1, 0.15) is 19.3 Å². The van der Waals surface area contributed by atoms with Crippen molar-refractivity contribution in [2.24, 2.45) is 0 Å². The second-order valence-corrected chi connectivity index (χ2v) is 4.69. The minimum Gasteiger partial charge on any atom is -0.474 e. The molecular weight excluding hydrogens is 172 g/mol. The quantitative estimate of drug-likeness (QED) is 0.567. The van der Waals surface area contributed by atoms with Crippen LogP contribution in [0.25, 0.3) is 0 Å². The molecule has 1 N–H and O–H groups in total. The molecule has 0 aromatic heterocycles. The van der Waals surface area contributed by atoms with Crippen LogP contribution in [0.5, 0.6) is 0 Å². The van der Waals surface area contributed by atoms with Crippen LogP contribution in [0, 0.1) is 0 Å². The van der Waals surface area contributed by atoms with Crippen LogP contribution < -0.4 is 0 Å². The summed E-state index contributed by atoms with van der Waals surface area (Å²) in [4.78, 5) is 10.4. The summed E-state index contributed by atoms with van der Waals surface area (Å²) in [7, 11) is -0.614. The minimum absolute atomic E-state index is 0. The molecule has 1 rings (SSSR count). The second kappa shape index (κ2) is 4.85. The van der Waals surface area contributed by atoms with Crippen molar-refractivity contribution >= 4 is 28.6 Å². The molecule has 0 amide bonds. The third-order valence-corrected chi connectivity index (χ3v) is 3.88. The predicted molar refractivity (Wildman–Crippen MR) is 47.8 cm³/mol. The van der Waals surface area contributed by atoms with Gasteiger partial charge in [-0.05, 0) is 24.3 Å². The van der Waals surface area contributed by atoms with Gasteiger partial charge >= 0.3 is 5.30 Å². The number of rotatable bonds is 0. The molecule has 62 valence electrons. The van der Waals surface area contributed by atoms with Gasteiger partial charge in [-0.15, -0.1) is 12.4 Å². The van der Waals surface area contributed by atoms with Crippen molar-refractivity contribution in [2.45, 2.75) is 19.3 Å². The van der Waals surface area contributed by atoms with Gasteiger partial charge in [0.15, 0.2) is 0 Å². The van der Waals surface area contributed by atoms with E-state index in [1.807, 2.05) is 0 Å². The smallest absolute Gasteiger partial charge is 0.344 e. The van der Waals surface area contributed by atoms with Gasteiger partial charge in [-0.2, -0.15) is 10.9 Å². The van der Waals surface area contributed by atoms with E-state index in [0.29, 0.717) is 0 Å². The van der Waals surface area contributed by atoms with Gasteiger partial charge in [0.2, 0.25) is 0 Å². The fourth-order valence-corrected chi connectivity index (χ4v) is 2.90. The van der Waals surface area contributed by atoms with Crippen LogP contribution >= 0.6 is 23.3 Å². The molecule has 0 aromatic rings. The van der Waals surface area contributed by atoms with Crippen molar-refractivity contribution in [3.05, 3.63) is 0 Å². The lowest BCUT2D eigenvalue weighted by molar-refractivity contribution is 0.221. The molecule has 1 aliphatic rings. The maximum atomic E-state index is 10.4. The molecule has 0 aromatic carbocycles. The Morgan fingerprint density at radius 2 is 1.70 bits per heavy atom. The highest BCUT2D eigenvalue weighted by Crippen LogP contribution is 2.32. The SMILES string of the molecule is Cl.O=C(O)[SH]1CCCCC1. The zero-order chi connectivity index (χ0) is 6.69. The zero-order valence-corrected chi connectivity index (χ0v) is 7.46. The van der Waals surface area contributed by atoms with E-state index in [4.69, 9.17) is 5.11 Å². The van der Waals surface area contributed by atoms with E-state index in [1.165, 1.54) is 6.42 Å². The van der Waals surface area contributed by atoms with E-state index in [2.05, 4.69) is 0 Å². The first-order chi connectivity index (χ1) is 4.30. The molecule has 0 bridgehead atoms. The Labute approximate surface area is 69.8 Å². The monoisotopic (exact) mass is 184 g/mol. The number of hydrogen-bond acceptors (Lipinski definition) is 1. The van der Waals surface area contributed by atoms with Gasteiger partial charge in [-0.1, -0.05) is 6.42 Å². The van der Waals surface area contributed by atoms with E-state index >= 15 is 0 Å². The van der Waals surface area contributed by atoms with Crippen molar-refractivity contribution in [3.63, 3.8) is 0 Å². The molecule has 0 atom stereocenters. The number of thiol groups is 1. The average molecular weight is 185 g/mol. The zero-order valence-electron chi connectivity index (χ0n) is 5.75. The summed E-state index contributed by atoms with van der Waals surface area (Å²) in [5, 5.41) is 8.03. The van der Waals surface area contributed by atoms with Crippen molar-refractivity contribution in [1.82, 2.24) is 0 Å². The lowest BCUT2D eigenvalue weighted by atomic mass is 10.3. The Morgan fingerprint density at radius 1 is 1.20 bits per heavy atom. The Balaban J connectivity index is 0.000000810. The molecule has 0 unspecified atom stereocenters. The lowest BCUT2D eigenvalue weighted by Gasteiger charge is -2.20. The second-order valence-electron chi connectivity index (χ2n) is 2.33. The molecule has 0 radical (unpaired) electrons. The molecule has 0 spiro atoms. The highest BCUT2D eigenvalue weighted by Gasteiger charge is 2.14. The molecular formula is C6H13ClO2S. The van der Waals surface area contributed by atoms with E-state index < -0.39 is 16.2 Å². The van der Waals surface area contributed by atoms with E-state index in [-0.39, 0.29) is 12.4 Å². The highest BCUT2D eigenvalue weighted by molar-refractivity contribution is 8.29. The Kier molecular flexibility index (Phi) is 4.91. The van der Waals surface area contributed by atoms with Crippen LogP contribution in [-0.4, -0.2) is 21.9 Å². The van der Waals surface area contributed by atoms with Crippen molar-refractivity contribution in [1.29, 1.82) is 0 Å². The minimum atomic E-state index is -0.614. The molecule has 2 nitrogen and oxygen atoms in total. The van der Waals surface area contributed by atoms with Crippen LogP contribution in [0.4, 0.5) is 4.79 Å². The normalized spacial score (nSPS) is 21.4. The highest BCUT2D eigenvalue weighted by atomic mass is 35.5. The molecule has 10 heavy (non-hydrogen) atoms. The van der Waals surface area contributed by atoms with Gasteiger partial charge in [-0.3, -0.25) is 0 Å². The lowest BCUT2D eigenvalue weighted by Crippen LogP contribution is -2.08. The van der Waals surface area contributed by atoms with Crippen LogP contribution in [0.3, 0.4) is 0 Å². The summed E-state index contributed by atoms with van der Waals surface area (Å²) >= 11 is 0. The summed E-state index contributed by atoms with van der Waals surface area (Å²) in [5.74, 6) is 1.93. The summed E-state index contributed by atoms with van der Waals surface area (Å²) in [6, 6.07) is 0. The molecule has 1 heterocycles. The summed E-state index contributed by atoms with van der Waals surface area (Å²) in [6.45, 7) is 0. The van der Waals surface area contributed by atoms with E-state index in [9.17, 15) is 4.79 Å². The third-order valence-electron chi connectivity index (χ3n) is 1.63. The Hall–Kier alpha value is 0.110. The first-order valence-electron chi connectivity index (χ1n) is 3.28. The molecule has 0 aliphatic carbocycles. The summed E-state index contributed by atoms with van der Waals surface area (Å²) < 4.78 is 0. The molecule has 4 heteroatoms. The van der Waals surface area contributed by atoms with E-state index in [1.54, 1.807) is 0 Å². The third kappa shape index (κ3) is 2.80. The van der Waals surface area contributed by atoms with Crippen molar-refractivity contribution in [3.8, 4) is 0 Å². The fraction of sp³-hybridized carbons (Fsp3) is 0.833. The summed E-state index contributed by atoms with van der Waals surface area (Å²) in [5.41, 5.74) is 0. The van der Waals surface area contributed by atoms with Gasteiger partial charge in [-0.25, -0.2) is 4.79 Å². The largest absolute Gasteiger partial charge is 0.474 e. The first-order valence-corrected chi connectivity index (χ1v) is 5.00. The Morgan fingerprint density at radius 3 is 2.00 bits per heavy atom. The van der Waals surface area contributed by atoms with Gasteiger partial charge < -0.3 is 5.11 Å². The topological polar surface area (TPSA) is 37.3 Å². The van der Waals surface area contributed by atoms with Gasteiger partial charge in [0.25, 0.3) is 0 Å². The maximum absolute atomic E-state index is 10.4. The number of hydrogen-bond donors (Lipinski definition) is 2. The molecule has 1 aliphatic heterocycles. The Bertz CT molecular complexity index is 112. The van der Waals surface area contributed by atoms with Gasteiger partial charge in [0, 0.05) is 0 Å². The summed E-state index contributed by atoms with van der Waals surface area (Å²) in [6.07, 6.45) is 3.52. The standard InChI is InChI=1S/C6H12O2S.ClH/c7-6(8)9-4-2-1-3-5-9;/h9H,1-5H2,(H,7,8);1H. The molecule has 1 fully saturated rings. The first kappa shape index (κ1) is 10.1. The number of halogens is 1. The van der Waals surface area contributed by atoms with Crippen molar-refractivity contribution < 1.29 is 9.90 Å². The van der Waals surface area contributed by atoms with Crippen LogP contribution in [-0.2, 0) is 0 Å². The fourth-order valence-electron chi connectivity index (χ4n) is 1.09. The van der Waals surface area contributed by atoms with Gasteiger partial charge in [0.05, 0.1) is 0 Å². The number of carbonyl (C=O) groups is 1.